The molecule has 1 fully saturated rings. The van der Waals surface area contributed by atoms with E-state index in [1.807, 2.05) is 24.3 Å². The van der Waals surface area contributed by atoms with Gasteiger partial charge in [0.2, 0.25) is 0 Å². The Bertz CT molecular complexity index is 1220. The number of carbonyl (C=O) groups is 2. The van der Waals surface area contributed by atoms with Crippen molar-refractivity contribution in [2.24, 2.45) is 0 Å². The summed E-state index contributed by atoms with van der Waals surface area (Å²) in [7, 11) is 1.58. The molecule has 0 radical (unpaired) electrons. The summed E-state index contributed by atoms with van der Waals surface area (Å²) in [5.41, 5.74) is 2.82. The molecule has 1 N–H and O–H groups in total. The van der Waals surface area contributed by atoms with Gasteiger partial charge in [-0.15, -0.1) is 11.8 Å². The number of rotatable bonds is 4. The van der Waals surface area contributed by atoms with Crippen LogP contribution in [0.3, 0.4) is 0 Å². The third-order valence-corrected chi connectivity index (χ3v) is 7.34. The molecular weight excluding hydrogens is 441 g/mol. The number of halogens is 1. The van der Waals surface area contributed by atoms with Gasteiger partial charge in [0.25, 0.3) is 5.91 Å². The van der Waals surface area contributed by atoms with E-state index >= 15 is 0 Å². The second-order valence-electron chi connectivity index (χ2n) is 7.84. The van der Waals surface area contributed by atoms with Gasteiger partial charge in [-0.25, -0.2) is 9.18 Å². The number of methoxy groups -OCH3 is 1. The fraction of sp³-hybridized carbons (Fsp3) is 0.200. The second kappa shape index (κ2) is 8.44. The fourth-order valence-electron chi connectivity index (χ4n) is 4.41. The molecule has 0 bridgehead atoms. The first-order chi connectivity index (χ1) is 16.0. The zero-order valence-corrected chi connectivity index (χ0v) is 18.8. The van der Waals surface area contributed by atoms with Gasteiger partial charge in [0, 0.05) is 23.5 Å². The minimum atomic E-state index is -1.15. The number of para-hydroxylation sites is 1. The largest absolute Gasteiger partial charge is 0.497 e. The first kappa shape index (κ1) is 21.3. The van der Waals surface area contributed by atoms with E-state index in [-0.39, 0.29) is 24.3 Å². The molecule has 168 valence electrons. The van der Waals surface area contributed by atoms with Gasteiger partial charge < -0.3 is 15.0 Å². The van der Waals surface area contributed by atoms with Gasteiger partial charge in [0.15, 0.2) is 4.87 Å². The van der Waals surface area contributed by atoms with Gasteiger partial charge in [-0.05, 0) is 48.0 Å². The smallest absolute Gasteiger partial charge is 0.323 e. The van der Waals surface area contributed by atoms with E-state index in [9.17, 15) is 14.0 Å². The van der Waals surface area contributed by atoms with Gasteiger partial charge in [0.05, 0.1) is 19.3 Å². The van der Waals surface area contributed by atoms with Crippen molar-refractivity contribution in [3.8, 4) is 5.75 Å². The van der Waals surface area contributed by atoms with Crippen molar-refractivity contribution in [3.63, 3.8) is 0 Å². The first-order valence-electron chi connectivity index (χ1n) is 10.6. The fourth-order valence-corrected chi connectivity index (χ4v) is 5.87. The molecular formula is C25H22FN3O3S. The van der Waals surface area contributed by atoms with Crippen LogP contribution < -0.4 is 15.0 Å². The maximum atomic E-state index is 13.9. The lowest BCUT2D eigenvalue weighted by molar-refractivity contribution is -0.123. The van der Waals surface area contributed by atoms with Crippen LogP contribution >= 0.6 is 11.8 Å². The maximum Gasteiger partial charge on any atom is 0.323 e. The van der Waals surface area contributed by atoms with Gasteiger partial charge in [0.1, 0.15) is 11.6 Å². The number of hydrogen-bond acceptors (Lipinski definition) is 4. The Morgan fingerprint density at radius 3 is 2.67 bits per heavy atom. The molecule has 1 saturated heterocycles. The third-order valence-electron chi connectivity index (χ3n) is 5.92. The Balaban J connectivity index is 1.48. The SMILES string of the molecule is COc1ccc(NC(=O)N2CCSC23C(=O)N(Cc2cccc(F)c2)c2ccccc23)cc1. The van der Waals surface area contributed by atoms with Crippen LogP contribution in [0.2, 0.25) is 0 Å². The normalized spacial score (nSPS) is 19.2. The summed E-state index contributed by atoms with van der Waals surface area (Å²) in [5, 5.41) is 2.91. The molecule has 1 unspecified atom stereocenters. The van der Waals surface area contributed by atoms with E-state index in [0.717, 1.165) is 11.3 Å². The zero-order chi connectivity index (χ0) is 23.0. The summed E-state index contributed by atoms with van der Waals surface area (Å²) < 4.78 is 18.9. The molecule has 0 aliphatic carbocycles. The highest BCUT2D eigenvalue weighted by Crippen LogP contribution is 2.54. The van der Waals surface area contributed by atoms with Gasteiger partial charge in [-0.2, -0.15) is 0 Å². The molecule has 1 atom stereocenters. The Morgan fingerprint density at radius 2 is 1.91 bits per heavy atom. The predicted octanol–water partition coefficient (Wildman–Crippen LogP) is 4.81. The Kier molecular flexibility index (Phi) is 5.46. The molecule has 33 heavy (non-hydrogen) atoms. The molecule has 5 rings (SSSR count). The molecule has 3 amide bonds. The summed E-state index contributed by atoms with van der Waals surface area (Å²) in [6, 6.07) is 20.4. The van der Waals surface area contributed by atoms with Crippen LogP contribution in [0.25, 0.3) is 0 Å². The summed E-state index contributed by atoms with van der Waals surface area (Å²) >= 11 is 1.45. The van der Waals surface area contributed by atoms with Crippen LogP contribution in [-0.4, -0.2) is 36.2 Å². The van der Waals surface area contributed by atoms with Crippen molar-refractivity contribution in [2.75, 3.05) is 29.6 Å². The van der Waals surface area contributed by atoms with E-state index in [2.05, 4.69) is 5.32 Å². The first-order valence-corrected chi connectivity index (χ1v) is 11.5. The highest BCUT2D eigenvalue weighted by molar-refractivity contribution is 8.01. The van der Waals surface area contributed by atoms with E-state index in [0.29, 0.717) is 29.3 Å². The van der Waals surface area contributed by atoms with Crippen LogP contribution in [0.1, 0.15) is 11.1 Å². The molecule has 8 heteroatoms. The lowest BCUT2D eigenvalue weighted by Gasteiger charge is -2.33. The standard InChI is InChI=1S/C25H22FN3O3S/c1-32-20-11-9-19(10-12-20)27-24(31)29-13-14-33-25(29)21-7-2-3-8-22(21)28(23(25)30)16-17-5-4-6-18(26)15-17/h2-12,15H,13-14,16H2,1H3,(H,27,31). The topological polar surface area (TPSA) is 61.9 Å². The number of thioether (sulfide) groups is 1. The number of nitrogens with one attached hydrogen (secondary N) is 1. The van der Waals surface area contributed by atoms with Crippen molar-refractivity contribution in [2.45, 2.75) is 11.4 Å². The van der Waals surface area contributed by atoms with Crippen LogP contribution in [0.5, 0.6) is 5.75 Å². The lowest BCUT2D eigenvalue weighted by atomic mass is 10.1. The number of carbonyl (C=O) groups excluding carboxylic acids is 2. The van der Waals surface area contributed by atoms with Gasteiger partial charge in [-0.3, -0.25) is 9.69 Å². The number of anilines is 2. The van der Waals surface area contributed by atoms with Gasteiger partial charge >= 0.3 is 6.03 Å². The number of hydrogen-bond donors (Lipinski definition) is 1. The number of fused-ring (bicyclic) bond motifs is 2. The Morgan fingerprint density at radius 1 is 1.12 bits per heavy atom. The average Bonchev–Trinajstić information content (AvgIpc) is 3.37. The van der Waals surface area contributed by atoms with E-state index in [1.54, 1.807) is 53.3 Å². The molecule has 3 aromatic carbocycles. The molecule has 3 aromatic rings. The number of nitrogens with zero attached hydrogens (tertiary/aromatic N) is 2. The Hall–Kier alpha value is -3.52. The molecule has 0 aromatic heterocycles. The van der Waals surface area contributed by atoms with Crippen LogP contribution in [0.4, 0.5) is 20.6 Å². The quantitative estimate of drug-likeness (QED) is 0.603. The average molecular weight is 464 g/mol. The number of ether oxygens (including phenoxy) is 1. The minimum absolute atomic E-state index is 0.194. The predicted molar refractivity (Wildman–Crippen MR) is 127 cm³/mol. The highest BCUT2D eigenvalue weighted by Gasteiger charge is 2.59. The van der Waals surface area contributed by atoms with Crippen LogP contribution in [-0.2, 0) is 16.2 Å². The molecule has 1 spiro atoms. The summed E-state index contributed by atoms with van der Waals surface area (Å²) in [4.78, 5) is 29.3. The third kappa shape index (κ3) is 3.60. The van der Waals surface area contributed by atoms with Crippen LogP contribution in [0, 0.1) is 5.82 Å². The molecule has 0 saturated carbocycles. The zero-order valence-electron chi connectivity index (χ0n) is 18.0. The molecule has 6 nitrogen and oxygen atoms in total. The maximum absolute atomic E-state index is 13.9. The lowest BCUT2D eigenvalue weighted by Crippen LogP contribution is -2.51. The van der Waals surface area contributed by atoms with Gasteiger partial charge in [-0.1, -0.05) is 30.3 Å². The van der Waals surface area contributed by atoms with Crippen molar-refractivity contribution >= 4 is 35.1 Å². The van der Waals surface area contributed by atoms with E-state index in [4.69, 9.17) is 4.74 Å². The summed E-state index contributed by atoms with van der Waals surface area (Å²) in [6.07, 6.45) is 0. The molecule has 2 aliphatic heterocycles. The van der Waals surface area contributed by atoms with E-state index < -0.39 is 4.87 Å². The monoisotopic (exact) mass is 463 g/mol. The Labute approximate surface area is 195 Å². The summed E-state index contributed by atoms with van der Waals surface area (Å²) in [6.45, 7) is 0.657. The van der Waals surface area contributed by atoms with Crippen molar-refractivity contribution in [3.05, 3.63) is 89.7 Å². The number of amides is 3. The van der Waals surface area contributed by atoms with Crippen molar-refractivity contribution in [1.82, 2.24) is 4.90 Å². The van der Waals surface area contributed by atoms with E-state index in [1.165, 1.54) is 23.9 Å². The molecule has 2 heterocycles. The van der Waals surface area contributed by atoms with Crippen LogP contribution in [0.15, 0.2) is 72.8 Å². The van der Waals surface area contributed by atoms with Crippen molar-refractivity contribution < 1.29 is 18.7 Å². The second-order valence-corrected chi connectivity index (χ2v) is 9.13. The van der Waals surface area contributed by atoms with Crippen molar-refractivity contribution in [1.29, 1.82) is 0 Å². The number of urea groups is 1. The number of benzene rings is 3. The minimum Gasteiger partial charge on any atom is -0.497 e. The highest BCUT2D eigenvalue weighted by atomic mass is 32.2. The molecule has 2 aliphatic rings. The summed E-state index contributed by atoms with van der Waals surface area (Å²) in [5.74, 6) is 0.775.